The van der Waals surface area contributed by atoms with Gasteiger partial charge >= 0.3 is 0 Å². The maximum Gasteiger partial charge on any atom is 0.232 e. The highest BCUT2D eigenvalue weighted by molar-refractivity contribution is 5.97. The second-order valence-corrected chi connectivity index (χ2v) is 4.46. The van der Waals surface area contributed by atoms with Crippen LogP contribution in [0, 0.1) is 5.41 Å². The zero-order valence-electron chi connectivity index (χ0n) is 9.23. The standard InChI is InChI=1S/C12H13NO4/c14-6-12(3-4-12)11(15)13-8-1-2-9-10(5-8)17-7-16-9/h1-2,5,14H,3-4,6-7H2,(H,13,15). The van der Waals surface area contributed by atoms with Gasteiger partial charge in [-0.1, -0.05) is 0 Å². The summed E-state index contributed by atoms with van der Waals surface area (Å²) in [6.07, 6.45) is 1.50. The van der Waals surface area contributed by atoms with Crippen molar-refractivity contribution in [3.05, 3.63) is 18.2 Å². The number of hydrogen-bond acceptors (Lipinski definition) is 4. The monoisotopic (exact) mass is 235 g/mol. The Morgan fingerprint density at radius 3 is 2.82 bits per heavy atom. The van der Waals surface area contributed by atoms with Crippen molar-refractivity contribution in [2.45, 2.75) is 12.8 Å². The predicted molar refractivity (Wildman–Crippen MR) is 59.9 cm³/mol. The summed E-state index contributed by atoms with van der Waals surface area (Å²) >= 11 is 0. The predicted octanol–water partition coefficient (Wildman–Crippen LogP) is 1.13. The summed E-state index contributed by atoms with van der Waals surface area (Å²) in [5, 5.41) is 11.9. The average molecular weight is 235 g/mol. The molecule has 0 aromatic heterocycles. The Morgan fingerprint density at radius 2 is 2.12 bits per heavy atom. The van der Waals surface area contributed by atoms with Crippen molar-refractivity contribution in [3.8, 4) is 11.5 Å². The molecule has 17 heavy (non-hydrogen) atoms. The third kappa shape index (κ3) is 1.72. The van der Waals surface area contributed by atoms with Crippen LogP contribution >= 0.6 is 0 Å². The van der Waals surface area contributed by atoms with Gasteiger partial charge in [0.25, 0.3) is 0 Å². The van der Waals surface area contributed by atoms with Gasteiger partial charge in [0.1, 0.15) is 0 Å². The Hall–Kier alpha value is -1.75. The number of carbonyl (C=O) groups excluding carboxylic acids is 1. The molecule has 1 aromatic rings. The topological polar surface area (TPSA) is 67.8 Å². The van der Waals surface area contributed by atoms with E-state index in [9.17, 15) is 4.79 Å². The summed E-state index contributed by atoms with van der Waals surface area (Å²) in [6.45, 7) is 0.122. The molecule has 0 bridgehead atoms. The first-order valence-electron chi connectivity index (χ1n) is 5.55. The molecule has 0 radical (unpaired) electrons. The van der Waals surface area contributed by atoms with E-state index in [0.29, 0.717) is 17.2 Å². The minimum atomic E-state index is -0.559. The number of aliphatic hydroxyl groups excluding tert-OH is 1. The Morgan fingerprint density at radius 1 is 1.35 bits per heavy atom. The molecule has 1 fully saturated rings. The van der Waals surface area contributed by atoms with Gasteiger partial charge in [-0.15, -0.1) is 0 Å². The summed E-state index contributed by atoms with van der Waals surface area (Å²) in [4.78, 5) is 11.9. The molecule has 0 saturated heterocycles. The van der Waals surface area contributed by atoms with Gasteiger partial charge in [-0.2, -0.15) is 0 Å². The van der Waals surface area contributed by atoms with Gasteiger partial charge in [-0.3, -0.25) is 4.79 Å². The zero-order valence-corrected chi connectivity index (χ0v) is 9.23. The average Bonchev–Trinajstić information content (AvgIpc) is 3.01. The molecule has 5 heteroatoms. The lowest BCUT2D eigenvalue weighted by molar-refractivity contribution is -0.122. The van der Waals surface area contributed by atoms with E-state index in [1.165, 1.54) is 0 Å². The van der Waals surface area contributed by atoms with E-state index in [4.69, 9.17) is 14.6 Å². The minimum Gasteiger partial charge on any atom is -0.454 e. The van der Waals surface area contributed by atoms with E-state index in [2.05, 4.69) is 5.32 Å². The fraction of sp³-hybridized carbons (Fsp3) is 0.417. The summed E-state index contributed by atoms with van der Waals surface area (Å²) in [6, 6.07) is 5.25. The van der Waals surface area contributed by atoms with Crippen LogP contribution in [0.15, 0.2) is 18.2 Å². The first kappa shape index (κ1) is 10.4. The molecule has 1 heterocycles. The molecule has 1 aromatic carbocycles. The molecule has 0 unspecified atom stereocenters. The van der Waals surface area contributed by atoms with Crippen LogP contribution in [0.5, 0.6) is 11.5 Å². The van der Waals surface area contributed by atoms with Crippen molar-refractivity contribution >= 4 is 11.6 Å². The van der Waals surface area contributed by atoms with Crippen LogP contribution in [0.1, 0.15) is 12.8 Å². The highest BCUT2D eigenvalue weighted by Crippen LogP contribution is 2.46. The maximum absolute atomic E-state index is 11.9. The van der Waals surface area contributed by atoms with E-state index in [-0.39, 0.29) is 19.3 Å². The second kappa shape index (κ2) is 3.63. The molecule has 2 N–H and O–H groups in total. The number of carbonyl (C=O) groups is 1. The summed E-state index contributed by atoms with van der Waals surface area (Å²) < 4.78 is 10.4. The van der Waals surface area contributed by atoms with Crippen LogP contribution in [0.4, 0.5) is 5.69 Å². The molecule has 3 rings (SSSR count). The van der Waals surface area contributed by atoms with Crippen molar-refractivity contribution in [2.24, 2.45) is 5.41 Å². The normalized spacial score (nSPS) is 18.9. The number of nitrogens with one attached hydrogen (secondary N) is 1. The van der Waals surface area contributed by atoms with Crippen molar-refractivity contribution < 1.29 is 19.4 Å². The van der Waals surface area contributed by atoms with Gasteiger partial charge in [0.15, 0.2) is 11.5 Å². The molecule has 0 atom stereocenters. The summed E-state index contributed by atoms with van der Waals surface area (Å²) in [5.74, 6) is 1.20. The SMILES string of the molecule is O=C(Nc1ccc2c(c1)OCO2)C1(CO)CC1. The van der Waals surface area contributed by atoms with Gasteiger partial charge in [0.05, 0.1) is 12.0 Å². The molecular formula is C12H13NO4. The largest absolute Gasteiger partial charge is 0.454 e. The van der Waals surface area contributed by atoms with Crippen LogP contribution < -0.4 is 14.8 Å². The molecule has 1 amide bonds. The fourth-order valence-corrected chi connectivity index (χ4v) is 1.85. The van der Waals surface area contributed by atoms with Crippen LogP contribution in [0.3, 0.4) is 0 Å². The Balaban J connectivity index is 1.75. The Labute approximate surface area is 98.3 Å². The summed E-state index contributed by atoms with van der Waals surface area (Å²) in [5.41, 5.74) is 0.107. The number of fused-ring (bicyclic) bond motifs is 1. The first-order valence-corrected chi connectivity index (χ1v) is 5.55. The lowest BCUT2D eigenvalue weighted by atomic mass is 10.1. The number of rotatable bonds is 3. The molecule has 1 aliphatic heterocycles. The molecule has 90 valence electrons. The number of ether oxygens (including phenoxy) is 2. The van der Waals surface area contributed by atoms with Crippen LogP contribution in [0.2, 0.25) is 0 Å². The molecule has 1 aliphatic carbocycles. The number of anilines is 1. The summed E-state index contributed by atoms with van der Waals surface area (Å²) in [7, 11) is 0. The lowest BCUT2D eigenvalue weighted by Crippen LogP contribution is -2.27. The number of hydrogen-bond donors (Lipinski definition) is 2. The number of amides is 1. The quantitative estimate of drug-likeness (QED) is 0.824. The van der Waals surface area contributed by atoms with E-state index < -0.39 is 5.41 Å². The van der Waals surface area contributed by atoms with Gasteiger partial charge in [0, 0.05) is 11.8 Å². The van der Waals surface area contributed by atoms with Gasteiger partial charge < -0.3 is 19.9 Å². The number of aliphatic hydroxyl groups is 1. The van der Waals surface area contributed by atoms with Crippen LogP contribution in [-0.4, -0.2) is 24.4 Å². The van der Waals surface area contributed by atoms with Crippen molar-refractivity contribution in [2.75, 3.05) is 18.7 Å². The first-order chi connectivity index (χ1) is 8.23. The number of benzene rings is 1. The third-order valence-corrected chi connectivity index (χ3v) is 3.27. The van der Waals surface area contributed by atoms with Crippen molar-refractivity contribution in [1.82, 2.24) is 0 Å². The van der Waals surface area contributed by atoms with E-state index in [1.807, 2.05) is 0 Å². The highest BCUT2D eigenvalue weighted by Gasteiger charge is 2.49. The molecule has 2 aliphatic rings. The Kier molecular flexibility index (Phi) is 2.22. The van der Waals surface area contributed by atoms with Crippen LogP contribution in [-0.2, 0) is 4.79 Å². The van der Waals surface area contributed by atoms with E-state index >= 15 is 0 Å². The van der Waals surface area contributed by atoms with Gasteiger partial charge in [-0.25, -0.2) is 0 Å². The van der Waals surface area contributed by atoms with Crippen molar-refractivity contribution in [3.63, 3.8) is 0 Å². The fourth-order valence-electron chi connectivity index (χ4n) is 1.85. The lowest BCUT2D eigenvalue weighted by Gasteiger charge is -2.12. The smallest absolute Gasteiger partial charge is 0.232 e. The van der Waals surface area contributed by atoms with Gasteiger partial charge in [0.2, 0.25) is 12.7 Å². The third-order valence-electron chi connectivity index (χ3n) is 3.27. The van der Waals surface area contributed by atoms with E-state index in [1.54, 1.807) is 18.2 Å². The van der Waals surface area contributed by atoms with Gasteiger partial charge in [-0.05, 0) is 25.0 Å². The molecule has 0 spiro atoms. The van der Waals surface area contributed by atoms with Crippen molar-refractivity contribution in [1.29, 1.82) is 0 Å². The Bertz CT molecular complexity index is 468. The maximum atomic E-state index is 11.9. The molecular weight excluding hydrogens is 222 g/mol. The highest BCUT2D eigenvalue weighted by atomic mass is 16.7. The molecule has 5 nitrogen and oxygen atoms in total. The van der Waals surface area contributed by atoms with Crippen LogP contribution in [0.25, 0.3) is 0 Å². The molecule has 1 saturated carbocycles. The van der Waals surface area contributed by atoms with E-state index in [0.717, 1.165) is 12.8 Å². The second-order valence-electron chi connectivity index (χ2n) is 4.46. The zero-order chi connectivity index (χ0) is 11.9. The minimum absolute atomic E-state index is 0.0939.